The van der Waals surface area contributed by atoms with Gasteiger partial charge in [-0.3, -0.25) is 13.9 Å². The molecule has 4 aromatic rings. The number of aromatic nitrogens is 3. The van der Waals surface area contributed by atoms with Gasteiger partial charge >= 0.3 is 5.69 Å². The number of rotatable bonds is 4. The van der Waals surface area contributed by atoms with Crippen molar-refractivity contribution in [3.05, 3.63) is 68.2 Å². The van der Waals surface area contributed by atoms with Crippen molar-refractivity contribution in [1.29, 1.82) is 0 Å². The summed E-state index contributed by atoms with van der Waals surface area (Å²) in [7, 11) is -1.16. The van der Waals surface area contributed by atoms with Gasteiger partial charge in [-0.15, -0.1) is 0 Å². The monoisotopic (exact) mass is 518 g/mol. The number of amides is 1. The van der Waals surface area contributed by atoms with Crippen LogP contribution in [0.15, 0.2) is 55.1 Å². The Morgan fingerprint density at radius 1 is 1.09 bits per heavy atom. The molecule has 2 aromatic heterocycles. The summed E-state index contributed by atoms with van der Waals surface area (Å²) < 4.78 is 36.5. The van der Waals surface area contributed by atoms with Gasteiger partial charge < -0.3 is 4.52 Å². The third kappa shape index (κ3) is 3.47. The second-order valence-corrected chi connectivity index (χ2v) is 9.89. The Labute approximate surface area is 191 Å². The van der Waals surface area contributed by atoms with E-state index < -0.39 is 15.9 Å². The van der Waals surface area contributed by atoms with E-state index in [9.17, 15) is 18.0 Å². The standard InChI is InChI=1S/C21H19BrN4O5S/c1-11-7-5-6-8-13(11)19-18(12(2)31-23-19)20(27)24-32(29,30)17-10-16-15(9-14(17)22)25(3)21(28)26(16)4/h5-10H,1-4H3,(H,24,27). The van der Waals surface area contributed by atoms with Crippen molar-refractivity contribution in [2.45, 2.75) is 18.7 Å². The highest BCUT2D eigenvalue weighted by Gasteiger charge is 2.28. The lowest BCUT2D eigenvalue weighted by atomic mass is 10.0. The van der Waals surface area contributed by atoms with Gasteiger partial charge in [0.05, 0.1) is 11.0 Å². The quantitative estimate of drug-likeness (QED) is 0.443. The van der Waals surface area contributed by atoms with Crippen LogP contribution in [0, 0.1) is 13.8 Å². The van der Waals surface area contributed by atoms with Crippen LogP contribution in [0.25, 0.3) is 22.3 Å². The number of benzene rings is 2. The number of fused-ring (bicyclic) bond motifs is 1. The fraction of sp³-hybridized carbons (Fsp3) is 0.190. The number of hydrogen-bond donors (Lipinski definition) is 1. The molecule has 0 bridgehead atoms. The van der Waals surface area contributed by atoms with Gasteiger partial charge in [0.2, 0.25) is 0 Å². The maximum absolute atomic E-state index is 13.1. The van der Waals surface area contributed by atoms with Crippen molar-refractivity contribution in [3.8, 4) is 11.3 Å². The van der Waals surface area contributed by atoms with Crippen molar-refractivity contribution in [3.63, 3.8) is 0 Å². The van der Waals surface area contributed by atoms with Gasteiger partial charge in [-0.25, -0.2) is 17.9 Å². The molecule has 1 N–H and O–H groups in total. The number of halogens is 1. The maximum atomic E-state index is 13.1. The van der Waals surface area contributed by atoms with Crippen molar-refractivity contribution in [1.82, 2.24) is 19.0 Å². The van der Waals surface area contributed by atoms with Gasteiger partial charge in [-0.05, 0) is 47.5 Å². The largest absolute Gasteiger partial charge is 0.360 e. The Kier molecular flexibility index (Phi) is 5.33. The van der Waals surface area contributed by atoms with E-state index in [-0.39, 0.29) is 32.1 Å². The lowest BCUT2D eigenvalue weighted by Crippen LogP contribution is -2.31. The van der Waals surface area contributed by atoms with E-state index in [2.05, 4.69) is 25.8 Å². The molecule has 0 aliphatic rings. The van der Waals surface area contributed by atoms with Crippen LogP contribution in [0.4, 0.5) is 0 Å². The smallest absolute Gasteiger partial charge is 0.328 e. The lowest BCUT2D eigenvalue weighted by Gasteiger charge is -2.10. The van der Waals surface area contributed by atoms with Crippen LogP contribution in [0.1, 0.15) is 21.7 Å². The predicted octanol–water partition coefficient (Wildman–Crippen LogP) is 3.03. The number of carbonyl (C=O) groups excluding carboxylic acids is 1. The van der Waals surface area contributed by atoms with Crippen molar-refractivity contribution >= 4 is 42.9 Å². The van der Waals surface area contributed by atoms with E-state index in [0.29, 0.717) is 16.6 Å². The first-order chi connectivity index (χ1) is 15.0. The van der Waals surface area contributed by atoms with Gasteiger partial charge in [-0.2, -0.15) is 0 Å². The summed E-state index contributed by atoms with van der Waals surface area (Å²) in [4.78, 5) is 25.1. The molecule has 2 aromatic carbocycles. The Morgan fingerprint density at radius 3 is 2.38 bits per heavy atom. The third-order valence-electron chi connectivity index (χ3n) is 5.33. The minimum atomic E-state index is -4.29. The summed E-state index contributed by atoms with van der Waals surface area (Å²) in [6.07, 6.45) is 0. The SMILES string of the molecule is Cc1ccccc1-c1noc(C)c1C(=O)NS(=O)(=O)c1cc2c(cc1Br)n(C)c(=O)n2C. The molecule has 11 heteroatoms. The van der Waals surface area contributed by atoms with Crippen LogP contribution in [-0.2, 0) is 24.1 Å². The molecule has 32 heavy (non-hydrogen) atoms. The molecule has 0 aliphatic carbocycles. The summed E-state index contributed by atoms with van der Waals surface area (Å²) in [6.45, 7) is 3.40. The van der Waals surface area contributed by atoms with Gasteiger partial charge in [0.1, 0.15) is 21.9 Å². The molecule has 166 valence electrons. The molecule has 9 nitrogen and oxygen atoms in total. The Balaban J connectivity index is 1.78. The molecule has 2 heterocycles. The van der Waals surface area contributed by atoms with Crippen LogP contribution < -0.4 is 10.4 Å². The van der Waals surface area contributed by atoms with Gasteiger partial charge in [0.25, 0.3) is 15.9 Å². The lowest BCUT2D eigenvalue weighted by molar-refractivity contribution is 0.0980. The second-order valence-electron chi connectivity index (χ2n) is 7.38. The van der Waals surface area contributed by atoms with Gasteiger partial charge in [0, 0.05) is 24.1 Å². The summed E-state index contributed by atoms with van der Waals surface area (Å²) in [6, 6.07) is 10.1. The number of nitrogens with one attached hydrogen (secondary N) is 1. The number of sulfonamides is 1. The molecular formula is C21H19BrN4O5S. The van der Waals surface area contributed by atoms with E-state index in [1.165, 1.54) is 28.2 Å². The van der Waals surface area contributed by atoms with E-state index in [1.54, 1.807) is 26.2 Å². The van der Waals surface area contributed by atoms with E-state index in [1.807, 2.05) is 19.1 Å². The number of hydrogen-bond acceptors (Lipinski definition) is 6. The zero-order valence-electron chi connectivity index (χ0n) is 17.6. The number of aryl methyl sites for hydroxylation is 4. The van der Waals surface area contributed by atoms with E-state index in [0.717, 1.165) is 5.56 Å². The average Bonchev–Trinajstić information content (AvgIpc) is 3.21. The van der Waals surface area contributed by atoms with Crippen molar-refractivity contribution in [2.75, 3.05) is 0 Å². The molecular weight excluding hydrogens is 500 g/mol. The van der Waals surface area contributed by atoms with Crippen LogP contribution >= 0.6 is 15.9 Å². The van der Waals surface area contributed by atoms with Crippen LogP contribution in [0.5, 0.6) is 0 Å². The maximum Gasteiger partial charge on any atom is 0.328 e. The number of carbonyl (C=O) groups is 1. The van der Waals surface area contributed by atoms with E-state index >= 15 is 0 Å². The molecule has 0 atom stereocenters. The zero-order valence-corrected chi connectivity index (χ0v) is 20.0. The van der Waals surface area contributed by atoms with Crippen molar-refractivity contribution < 1.29 is 17.7 Å². The molecule has 0 radical (unpaired) electrons. The molecule has 0 saturated carbocycles. The molecule has 0 aliphatic heterocycles. The van der Waals surface area contributed by atoms with Crippen molar-refractivity contribution in [2.24, 2.45) is 14.1 Å². The number of imidazole rings is 1. The molecule has 0 spiro atoms. The predicted molar refractivity (Wildman–Crippen MR) is 122 cm³/mol. The summed E-state index contributed by atoms with van der Waals surface area (Å²) >= 11 is 3.25. The highest BCUT2D eigenvalue weighted by atomic mass is 79.9. The van der Waals surface area contributed by atoms with Crippen LogP contribution in [0.3, 0.4) is 0 Å². The molecule has 0 saturated heterocycles. The molecule has 1 amide bonds. The Bertz CT molecular complexity index is 1560. The summed E-state index contributed by atoms with van der Waals surface area (Å²) in [5, 5.41) is 3.97. The minimum absolute atomic E-state index is 0.0344. The van der Waals surface area contributed by atoms with Crippen LogP contribution in [-0.4, -0.2) is 28.6 Å². The molecule has 0 fully saturated rings. The first-order valence-corrected chi connectivity index (χ1v) is 11.7. The fourth-order valence-corrected chi connectivity index (χ4v) is 5.61. The highest BCUT2D eigenvalue weighted by molar-refractivity contribution is 9.10. The fourth-order valence-electron chi connectivity index (χ4n) is 3.60. The average molecular weight is 519 g/mol. The normalized spacial score (nSPS) is 11.8. The first kappa shape index (κ1) is 22.0. The number of nitrogens with zero attached hydrogens (tertiary/aromatic N) is 3. The second kappa shape index (κ2) is 7.75. The zero-order chi connectivity index (χ0) is 23.4. The van der Waals surface area contributed by atoms with Gasteiger partial charge in [-0.1, -0.05) is 29.4 Å². The Morgan fingerprint density at radius 2 is 1.72 bits per heavy atom. The molecule has 0 unspecified atom stereocenters. The minimum Gasteiger partial charge on any atom is -0.360 e. The highest BCUT2D eigenvalue weighted by Crippen LogP contribution is 2.30. The topological polar surface area (TPSA) is 116 Å². The first-order valence-electron chi connectivity index (χ1n) is 9.47. The molecule has 4 rings (SSSR count). The Hall–Kier alpha value is -3.18. The summed E-state index contributed by atoms with van der Waals surface area (Å²) in [5.41, 5.74) is 2.47. The third-order valence-corrected chi connectivity index (χ3v) is 7.62. The van der Waals surface area contributed by atoms with Crippen LogP contribution in [0.2, 0.25) is 0 Å². The van der Waals surface area contributed by atoms with E-state index in [4.69, 9.17) is 4.52 Å². The van der Waals surface area contributed by atoms with Gasteiger partial charge in [0.15, 0.2) is 0 Å². The summed E-state index contributed by atoms with van der Waals surface area (Å²) in [5.74, 6) is -0.674.